The molecule has 2 heterocycles. The van der Waals surface area contributed by atoms with Gasteiger partial charge in [-0.1, -0.05) is 0 Å². The summed E-state index contributed by atoms with van der Waals surface area (Å²) in [6.45, 7) is 0.718. The van der Waals surface area contributed by atoms with Crippen LogP contribution in [0.25, 0.3) is 0 Å². The van der Waals surface area contributed by atoms with Crippen molar-refractivity contribution in [1.29, 1.82) is 0 Å². The van der Waals surface area contributed by atoms with Gasteiger partial charge in [0.1, 0.15) is 12.4 Å². The van der Waals surface area contributed by atoms with Gasteiger partial charge < -0.3 is 11.1 Å². The minimum Gasteiger partial charge on any atom is -0.382 e. The zero-order valence-electron chi connectivity index (χ0n) is 8.89. The summed E-state index contributed by atoms with van der Waals surface area (Å²) in [7, 11) is 0. The van der Waals surface area contributed by atoms with Crippen LogP contribution in [0.4, 0.5) is 5.82 Å². The SMILES string of the molecule is Nc1ccn(CC(=O)NCc2cc(Br)cs2)n1. The summed E-state index contributed by atoms with van der Waals surface area (Å²) in [6, 6.07) is 3.64. The van der Waals surface area contributed by atoms with Gasteiger partial charge in [0, 0.05) is 20.9 Å². The number of nitrogens with one attached hydrogen (secondary N) is 1. The molecule has 2 rings (SSSR count). The summed E-state index contributed by atoms with van der Waals surface area (Å²) < 4.78 is 2.54. The van der Waals surface area contributed by atoms with Crippen LogP contribution in [0.1, 0.15) is 4.88 Å². The molecule has 0 aliphatic rings. The van der Waals surface area contributed by atoms with E-state index in [9.17, 15) is 4.79 Å². The van der Waals surface area contributed by atoms with Crippen LogP contribution in [0, 0.1) is 0 Å². The number of hydrogen-bond acceptors (Lipinski definition) is 4. The Morgan fingerprint density at radius 1 is 1.65 bits per heavy atom. The minimum atomic E-state index is -0.0855. The van der Waals surface area contributed by atoms with Crippen LogP contribution in [0.15, 0.2) is 28.2 Å². The van der Waals surface area contributed by atoms with E-state index in [-0.39, 0.29) is 12.5 Å². The van der Waals surface area contributed by atoms with Crippen LogP contribution in [-0.4, -0.2) is 15.7 Å². The molecule has 0 unspecified atom stereocenters. The third-order valence-corrected chi connectivity index (χ3v) is 3.75. The molecule has 1 amide bonds. The Balaban J connectivity index is 1.82. The molecule has 90 valence electrons. The molecule has 2 aromatic heterocycles. The lowest BCUT2D eigenvalue weighted by molar-refractivity contribution is -0.122. The molecule has 0 radical (unpaired) electrons. The van der Waals surface area contributed by atoms with Gasteiger partial charge in [0.2, 0.25) is 5.91 Å². The number of halogens is 1. The lowest BCUT2D eigenvalue weighted by Crippen LogP contribution is -2.27. The molecule has 0 aliphatic heterocycles. The maximum atomic E-state index is 11.6. The first kappa shape index (κ1) is 12.1. The summed E-state index contributed by atoms with van der Waals surface area (Å²) >= 11 is 4.96. The zero-order chi connectivity index (χ0) is 12.3. The zero-order valence-corrected chi connectivity index (χ0v) is 11.3. The summed E-state index contributed by atoms with van der Waals surface area (Å²) in [6.07, 6.45) is 1.68. The van der Waals surface area contributed by atoms with Gasteiger partial charge in [0.25, 0.3) is 0 Å². The van der Waals surface area contributed by atoms with Crippen LogP contribution in [0.5, 0.6) is 0 Å². The second-order valence-corrected chi connectivity index (χ2v) is 5.36. The number of nitrogens with zero attached hydrogens (tertiary/aromatic N) is 2. The van der Waals surface area contributed by atoms with Gasteiger partial charge in [0.05, 0.1) is 6.54 Å². The Hall–Kier alpha value is -1.34. The monoisotopic (exact) mass is 314 g/mol. The van der Waals surface area contributed by atoms with Crippen molar-refractivity contribution < 1.29 is 4.79 Å². The topological polar surface area (TPSA) is 72.9 Å². The maximum absolute atomic E-state index is 11.6. The molecular formula is C10H11BrN4OS. The number of amides is 1. The number of hydrogen-bond donors (Lipinski definition) is 2. The molecule has 0 saturated carbocycles. The van der Waals surface area contributed by atoms with Crippen LogP contribution >= 0.6 is 27.3 Å². The van der Waals surface area contributed by atoms with Crippen molar-refractivity contribution in [3.05, 3.63) is 33.1 Å². The molecule has 0 aromatic carbocycles. The fourth-order valence-corrected chi connectivity index (χ4v) is 2.69. The van der Waals surface area contributed by atoms with E-state index in [2.05, 4.69) is 26.3 Å². The number of thiophene rings is 1. The van der Waals surface area contributed by atoms with Gasteiger partial charge in [-0.15, -0.1) is 11.3 Å². The highest BCUT2D eigenvalue weighted by atomic mass is 79.9. The van der Waals surface area contributed by atoms with Crippen molar-refractivity contribution >= 4 is 39.0 Å². The number of aromatic nitrogens is 2. The summed E-state index contributed by atoms with van der Waals surface area (Å²) in [5.74, 6) is 0.331. The first-order valence-electron chi connectivity index (χ1n) is 4.92. The van der Waals surface area contributed by atoms with E-state index in [1.54, 1.807) is 23.6 Å². The van der Waals surface area contributed by atoms with E-state index in [0.717, 1.165) is 9.35 Å². The Morgan fingerprint density at radius 3 is 3.06 bits per heavy atom. The van der Waals surface area contributed by atoms with Crippen molar-refractivity contribution in [2.75, 3.05) is 5.73 Å². The molecule has 2 aromatic rings. The van der Waals surface area contributed by atoms with Gasteiger partial charge >= 0.3 is 0 Å². The van der Waals surface area contributed by atoms with Crippen molar-refractivity contribution in [2.45, 2.75) is 13.1 Å². The Labute approximate surface area is 111 Å². The van der Waals surface area contributed by atoms with Crippen molar-refractivity contribution in [3.63, 3.8) is 0 Å². The van der Waals surface area contributed by atoms with E-state index < -0.39 is 0 Å². The average molecular weight is 315 g/mol. The molecule has 17 heavy (non-hydrogen) atoms. The quantitative estimate of drug-likeness (QED) is 0.900. The molecule has 7 heteroatoms. The highest BCUT2D eigenvalue weighted by Gasteiger charge is 2.04. The summed E-state index contributed by atoms with van der Waals surface area (Å²) in [5, 5.41) is 8.74. The van der Waals surface area contributed by atoms with Gasteiger partial charge in [0.15, 0.2) is 0 Å². The normalized spacial score (nSPS) is 10.4. The van der Waals surface area contributed by atoms with Crippen molar-refractivity contribution in [2.24, 2.45) is 0 Å². The largest absolute Gasteiger partial charge is 0.382 e. The Bertz CT molecular complexity index is 522. The maximum Gasteiger partial charge on any atom is 0.242 e. The number of carbonyl (C=O) groups is 1. The predicted octanol–water partition coefficient (Wildman–Crippen LogP) is 1.61. The van der Waals surface area contributed by atoms with E-state index in [1.807, 2.05) is 11.4 Å². The summed E-state index contributed by atoms with van der Waals surface area (Å²) in [4.78, 5) is 12.7. The number of nitrogens with two attached hydrogens (primary N) is 1. The fraction of sp³-hybridized carbons (Fsp3) is 0.200. The molecule has 5 nitrogen and oxygen atoms in total. The first-order chi connectivity index (χ1) is 8.13. The molecule has 0 saturated heterocycles. The third kappa shape index (κ3) is 3.57. The van der Waals surface area contributed by atoms with E-state index in [0.29, 0.717) is 12.4 Å². The van der Waals surface area contributed by atoms with Crippen LogP contribution in [0.2, 0.25) is 0 Å². The molecule has 0 aliphatic carbocycles. The average Bonchev–Trinajstić information content (AvgIpc) is 2.85. The highest BCUT2D eigenvalue weighted by molar-refractivity contribution is 9.10. The number of rotatable bonds is 4. The van der Waals surface area contributed by atoms with Crippen molar-refractivity contribution in [3.8, 4) is 0 Å². The standard InChI is InChI=1S/C10H11BrN4OS/c11-7-3-8(17-6-7)4-13-10(16)5-15-2-1-9(12)14-15/h1-3,6H,4-5H2,(H2,12,14)(H,13,16). The third-order valence-electron chi connectivity index (χ3n) is 2.05. The molecule has 0 fully saturated rings. The summed E-state index contributed by atoms with van der Waals surface area (Å²) in [5.41, 5.74) is 5.45. The van der Waals surface area contributed by atoms with Gasteiger partial charge in [-0.2, -0.15) is 5.10 Å². The van der Waals surface area contributed by atoms with Crippen LogP contribution in [0.3, 0.4) is 0 Å². The highest BCUT2D eigenvalue weighted by Crippen LogP contribution is 2.19. The second kappa shape index (κ2) is 5.33. The van der Waals surface area contributed by atoms with E-state index >= 15 is 0 Å². The van der Waals surface area contributed by atoms with Crippen LogP contribution in [-0.2, 0) is 17.9 Å². The van der Waals surface area contributed by atoms with Crippen LogP contribution < -0.4 is 11.1 Å². The smallest absolute Gasteiger partial charge is 0.242 e. The first-order valence-corrected chi connectivity index (χ1v) is 6.59. The van der Waals surface area contributed by atoms with E-state index in [4.69, 9.17) is 5.73 Å². The number of anilines is 1. The Morgan fingerprint density at radius 2 is 2.47 bits per heavy atom. The molecule has 3 N–H and O–H groups in total. The fourth-order valence-electron chi connectivity index (χ4n) is 1.30. The van der Waals surface area contributed by atoms with Gasteiger partial charge in [-0.3, -0.25) is 9.48 Å². The molecular weight excluding hydrogens is 304 g/mol. The second-order valence-electron chi connectivity index (χ2n) is 3.45. The Kier molecular flexibility index (Phi) is 3.80. The lowest BCUT2D eigenvalue weighted by Gasteiger charge is -2.03. The van der Waals surface area contributed by atoms with Crippen molar-refractivity contribution in [1.82, 2.24) is 15.1 Å². The van der Waals surface area contributed by atoms with Gasteiger partial charge in [-0.25, -0.2) is 0 Å². The lowest BCUT2D eigenvalue weighted by atomic mass is 10.4. The molecule has 0 atom stereocenters. The number of nitrogen functional groups attached to an aromatic ring is 1. The predicted molar refractivity (Wildman–Crippen MR) is 70.5 cm³/mol. The van der Waals surface area contributed by atoms with Gasteiger partial charge in [-0.05, 0) is 28.1 Å². The van der Waals surface area contributed by atoms with E-state index in [1.165, 1.54) is 4.68 Å². The molecule has 0 spiro atoms. The molecule has 0 bridgehead atoms. The minimum absolute atomic E-state index is 0.0855. The number of carbonyl (C=O) groups excluding carboxylic acids is 1.